The van der Waals surface area contributed by atoms with Crippen molar-refractivity contribution in [3.8, 4) is 5.75 Å². The van der Waals surface area contributed by atoms with Gasteiger partial charge >= 0.3 is 0 Å². The highest BCUT2D eigenvalue weighted by Crippen LogP contribution is 2.21. The zero-order chi connectivity index (χ0) is 14.5. The average molecular weight is 274 g/mol. The minimum Gasteiger partial charge on any atom is -0.494 e. The first-order chi connectivity index (χ1) is 9.61. The van der Waals surface area contributed by atoms with E-state index in [1.165, 1.54) is 13.2 Å². The molecule has 0 saturated heterocycles. The van der Waals surface area contributed by atoms with Crippen LogP contribution in [-0.4, -0.2) is 18.0 Å². The van der Waals surface area contributed by atoms with Crippen LogP contribution >= 0.6 is 0 Å². The number of rotatable bonds is 4. The van der Waals surface area contributed by atoms with Gasteiger partial charge in [-0.1, -0.05) is 6.07 Å². The second kappa shape index (κ2) is 6.14. The van der Waals surface area contributed by atoms with E-state index >= 15 is 0 Å². The van der Waals surface area contributed by atoms with Crippen LogP contribution in [0.5, 0.6) is 5.75 Å². The first-order valence-corrected chi connectivity index (χ1v) is 6.16. The molecule has 1 aromatic heterocycles. The molecule has 1 heterocycles. The molecule has 1 aromatic carbocycles. The van der Waals surface area contributed by atoms with Gasteiger partial charge in [0.1, 0.15) is 0 Å². The zero-order valence-electron chi connectivity index (χ0n) is 11.3. The number of nitrogens with one attached hydrogen (secondary N) is 1. The third-order valence-corrected chi connectivity index (χ3v) is 2.97. The van der Waals surface area contributed by atoms with Crippen LogP contribution in [0.4, 0.5) is 4.39 Å². The van der Waals surface area contributed by atoms with Crippen LogP contribution in [0.2, 0.25) is 0 Å². The van der Waals surface area contributed by atoms with Crippen molar-refractivity contribution in [2.75, 3.05) is 7.11 Å². The highest BCUT2D eigenvalue weighted by atomic mass is 19.1. The number of ether oxygens (including phenoxy) is 1. The summed E-state index contributed by atoms with van der Waals surface area (Å²) < 4.78 is 18.5. The van der Waals surface area contributed by atoms with E-state index in [4.69, 9.17) is 4.74 Å². The Morgan fingerprint density at radius 3 is 2.60 bits per heavy atom. The van der Waals surface area contributed by atoms with Crippen LogP contribution in [0.15, 0.2) is 42.7 Å². The summed E-state index contributed by atoms with van der Waals surface area (Å²) in [7, 11) is 1.41. The second-order valence-corrected chi connectivity index (χ2v) is 4.33. The quantitative estimate of drug-likeness (QED) is 0.932. The molecule has 104 valence electrons. The first-order valence-electron chi connectivity index (χ1n) is 6.16. The Kier molecular flexibility index (Phi) is 4.30. The largest absolute Gasteiger partial charge is 0.494 e. The Morgan fingerprint density at radius 1 is 1.30 bits per heavy atom. The topological polar surface area (TPSA) is 51.2 Å². The van der Waals surface area contributed by atoms with Crippen LogP contribution in [0.1, 0.15) is 28.9 Å². The van der Waals surface area contributed by atoms with Gasteiger partial charge in [0.25, 0.3) is 5.91 Å². The van der Waals surface area contributed by atoms with Crippen LogP contribution in [-0.2, 0) is 0 Å². The smallest absolute Gasteiger partial charge is 0.251 e. The minimum absolute atomic E-state index is 0.182. The molecule has 20 heavy (non-hydrogen) atoms. The van der Waals surface area contributed by atoms with Crippen molar-refractivity contribution in [1.29, 1.82) is 0 Å². The summed E-state index contributed by atoms with van der Waals surface area (Å²) in [6, 6.07) is 7.55. The van der Waals surface area contributed by atoms with Crippen LogP contribution in [0.3, 0.4) is 0 Å². The van der Waals surface area contributed by atoms with Crippen molar-refractivity contribution in [3.05, 3.63) is 59.7 Å². The maximum Gasteiger partial charge on any atom is 0.251 e. The fraction of sp³-hybridized carbons (Fsp3) is 0.200. The molecular weight excluding hydrogens is 259 g/mol. The number of carbonyl (C=O) groups is 1. The number of amides is 1. The van der Waals surface area contributed by atoms with Crippen molar-refractivity contribution in [1.82, 2.24) is 10.3 Å². The maximum atomic E-state index is 13.6. The molecule has 1 amide bonds. The average Bonchev–Trinajstić information content (AvgIpc) is 2.48. The normalized spacial score (nSPS) is 11.8. The summed E-state index contributed by atoms with van der Waals surface area (Å²) in [5.74, 6) is -0.493. The van der Waals surface area contributed by atoms with E-state index in [9.17, 15) is 9.18 Å². The van der Waals surface area contributed by atoms with E-state index < -0.39 is 5.82 Å². The fourth-order valence-electron chi connectivity index (χ4n) is 1.82. The lowest BCUT2D eigenvalue weighted by molar-refractivity contribution is 0.0939. The number of carbonyl (C=O) groups excluding carboxylic acids is 1. The second-order valence-electron chi connectivity index (χ2n) is 4.33. The summed E-state index contributed by atoms with van der Waals surface area (Å²) >= 11 is 0. The van der Waals surface area contributed by atoms with Crippen LogP contribution in [0, 0.1) is 5.82 Å². The molecule has 0 saturated carbocycles. The summed E-state index contributed by atoms with van der Waals surface area (Å²) in [4.78, 5) is 15.8. The summed E-state index contributed by atoms with van der Waals surface area (Å²) in [6.45, 7) is 1.79. The predicted molar refractivity (Wildman–Crippen MR) is 73.1 cm³/mol. The first kappa shape index (κ1) is 14.0. The molecule has 0 radical (unpaired) electrons. The summed E-state index contributed by atoms with van der Waals surface area (Å²) in [5, 5.41) is 2.80. The maximum absolute atomic E-state index is 13.6. The Morgan fingerprint density at radius 2 is 2.00 bits per heavy atom. The molecule has 0 aliphatic heterocycles. The Labute approximate surface area is 116 Å². The molecule has 0 aliphatic carbocycles. The Bertz CT molecular complexity index is 602. The van der Waals surface area contributed by atoms with Crippen molar-refractivity contribution in [2.45, 2.75) is 13.0 Å². The number of hydrogen-bond acceptors (Lipinski definition) is 3. The van der Waals surface area contributed by atoms with Crippen molar-refractivity contribution < 1.29 is 13.9 Å². The molecule has 4 nitrogen and oxygen atoms in total. The van der Waals surface area contributed by atoms with E-state index in [1.54, 1.807) is 43.6 Å². The number of halogens is 1. The molecule has 0 aliphatic rings. The number of nitrogens with zero attached hydrogens (tertiary/aromatic N) is 1. The molecule has 5 heteroatoms. The Balaban J connectivity index is 2.10. The van der Waals surface area contributed by atoms with Gasteiger partial charge in [-0.3, -0.25) is 9.78 Å². The SMILES string of the molecule is COc1ccc(C(C)NC(=O)c2ccncc2)cc1F. The summed E-state index contributed by atoms with van der Waals surface area (Å²) in [5.41, 5.74) is 1.19. The van der Waals surface area contributed by atoms with E-state index in [2.05, 4.69) is 10.3 Å². The van der Waals surface area contributed by atoms with Gasteiger partial charge in [0.15, 0.2) is 11.6 Å². The van der Waals surface area contributed by atoms with Crippen LogP contribution < -0.4 is 10.1 Å². The standard InChI is InChI=1S/C15H15FN2O2/c1-10(12-3-4-14(20-2)13(16)9-12)18-15(19)11-5-7-17-8-6-11/h3-10H,1-2H3,(H,18,19). The lowest BCUT2D eigenvalue weighted by Crippen LogP contribution is -2.26. The van der Waals surface area contributed by atoms with Gasteiger partial charge in [-0.15, -0.1) is 0 Å². The van der Waals surface area contributed by atoms with Gasteiger partial charge in [-0.25, -0.2) is 4.39 Å². The van der Waals surface area contributed by atoms with E-state index in [-0.39, 0.29) is 17.7 Å². The van der Waals surface area contributed by atoms with Crippen LogP contribution in [0.25, 0.3) is 0 Å². The van der Waals surface area contributed by atoms with Gasteiger partial charge in [0.2, 0.25) is 0 Å². The van der Waals surface area contributed by atoms with Gasteiger partial charge < -0.3 is 10.1 Å². The number of pyridine rings is 1. The predicted octanol–water partition coefficient (Wildman–Crippen LogP) is 2.72. The highest BCUT2D eigenvalue weighted by Gasteiger charge is 2.13. The molecule has 1 N–H and O–H groups in total. The van der Waals surface area contributed by atoms with Gasteiger partial charge in [-0.05, 0) is 36.8 Å². The zero-order valence-corrected chi connectivity index (χ0v) is 11.3. The number of hydrogen-bond donors (Lipinski definition) is 1. The van der Waals surface area contributed by atoms with Crippen molar-refractivity contribution in [3.63, 3.8) is 0 Å². The number of aromatic nitrogens is 1. The molecule has 1 unspecified atom stereocenters. The van der Waals surface area contributed by atoms with Crippen molar-refractivity contribution >= 4 is 5.91 Å². The lowest BCUT2D eigenvalue weighted by atomic mass is 10.1. The fourth-order valence-corrected chi connectivity index (χ4v) is 1.82. The summed E-state index contributed by atoms with van der Waals surface area (Å²) in [6.07, 6.45) is 3.10. The molecule has 0 spiro atoms. The highest BCUT2D eigenvalue weighted by molar-refractivity contribution is 5.94. The van der Waals surface area contributed by atoms with Gasteiger partial charge in [0.05, 0.1) is 13.2 Å². The molecule has 0 fully saturated rings. The molecule has 2 rings (SSSR count). The third-order valence-electron chi connectivity index (χ3n) is 2.97. The van der Waals surface area contributed by atoms with E-state index in [0.717, 1.165) is 0 Å². The molecular formula is C15H15FN2O2. The third kappa shape index (κ3) is 3.12. The van der Waals surface area contributed by atoms with E-state index in [0.29, 0.717) is 11.1 Å². The Hall–Kier alpha value is -2.43. The lowest BCUT2D eigenvalue weighted by Gasteiger charge is -2.15. The molecule has 1 atom stereocenters. The minimum atomic E-state index is -0.449. The van der Waals surface area contributed by atoms with Gasteiger partial charge in [-0.2, -0.15) is 0 Å². The van der Waals surface area contributed by atoms with Gasteiger partial charge in [0, 0.05) is 18.0 Å². The number of methoxy groups -OCH3 is 1. The number of benzene rings is 1. The van der Waals surface area contributed by atoms with Crippen molar-refractivity contribution in [2.24, 2.45) is 0 Å². The monoisotopic (exact) mass is 274 g/mol. The van der Waals surface area contributed by atoms with E-state index in [1.807, 2.05) is 0 Å². The molecule has 0 bridgehead atoms. The molecule has 2 aromatic rings.